The van der Waals surface area contributed by atoms with E-state index in [4.69, 9.17) is 174 Å². The minimum Gasteiger partial charge on any atom is -0.381 e. The summed E-state index contributed by atoms with van der Waals surface area (Å²) in [5, 5.41) is 31.2. The number of hydrogen-bond donors (Lipinski definition) is 35. The number of quaternary nitrogens is 2. The summed E-state index contributed by atoms with van der Waals surface area (Å²) in [5.41, 5.74) is 150. The molecule has 0 saturated carbocycles. The van der Waals surface area contributed by atoms with Gasteiger partial charge in [-0.1, -0.05) is 150 Å². The predicted molar refractivity (Wildman–Crippen MR) is 614 cm³/mol. The number of guanidine groups is 22. The second-order valence-corrected chi connectivity index (χ2v) is 34.4. The first-order valence-corrected chi connectivity index (χ1v) is 50.9. The maximum absolute atomic E-state index is 6.00. The largest absolute Gasteiger partial charge is 0.385 e. The molecule has 0 radical (unpaired) electrons. The Kier molecular flexibility index (Phi) is 96.4. The first-order chi connectivity index (χ1) is 70.5. The summed E-state index contributed by atoms with van der Waals surface area (Å²) >= 11 is 0. The average molecular weight is 2110 g/mol. The lowest BCUT2D eigenvalue weighted by Gasteiger charge is -2.29. The zero-order valence-corrected chi connectivity index (χ0v) is 90.7. The number of likely N-dealkylation sites (N-methyl/N-ethyl adjacent to an activating group) is 2. The van der Waals surface area contributed by atoms with E-state index in [1.165, 1.54) is 64.3 Å². The Bertz CT molecular complexity index is 4060. The molecule has 61 heteroatoms. The fraction of sp³-hybridized carbons (Fsp3) is 0.747. The summed E-state index contributed by atoms with van der Waals surface area (Å²) in [7, 11) is 8.91. The van der Waals surface area contributed by atoms with Gasteiger partial charge in [-0.05, 0) is 94.9 Å². The summed E-state index contributed by atoms with van der Waals surface area (Å²) in [6, 6.07) is 0. The van der Waals surface area contributed by atoms with Gasteiger partial charge in [0.15, 0.2) is 59.6 Å². The van der Waals surface area contributed by atoms with E-state index in [1.54, 1.807) is 0 Å². The van der Waals surface area contributed by atoms with Crippen LogP contribution in [0.4, 0.5) is 0 Å². The molecule has 148 heavy (non-hydrogen) atoms. The Hall–Kier alpha value is -14.1. The lowest BCUT2D eigenvalue weighted by Crippen LogP contribution is -2.80. The van der Waals surface area contributed by atoms with Crippen LogP contribution in [0, 0.1) is 0 Å². The fourth-order valence-corrected chi connectivity index (χ4v) is 11.7. The van der Waals surface area contributed by atoms with Gasteiger partial charge in [0.05, 0.1) is 80.8 Å². The number of rotatable bonds is 68. The van der Waals surface area contributed by atoms with Gasteiger partial charge in [-0.25, -0.2) is 15.7 Å². The molecule has 0 aromatic rings. The molecule has 0 heterocycles. The van der Waals surface area contributed by atoms with Gasteiger partial charge in [-0.3, -0.25) is 82.7 Å². The van der Waals surface area contributed by atoms with Crippen molar-refractivity contribution in [1.29, 1.82) is 0 Å². The van der Waals surface area contributed by atoms with Crippen LogP contribution in [-0.2, 0) is 18.9 Å². The second kappa shape index (κ2) is 100. The SMILES string of the molecule is CCCCCCCCCN=C(N)NC(N)=NCCCCCCN=C(N)N=C(N)N.CCCCCCN=C(N)NC(N)=NN=C(N)N=C(N)N.CCCCCCN=C(N)NC(N)=NNC(N)=NC(N)=NN=C(N)N=C(N)N.CCCOCCCCOCCCN=C(N)NC(N)=NCCCCCCN=C(N)N=C(N)N.CCC[N+](C)(C)CCOCCOCC[N+](C)(C)CCC[NH+]=C(N)NC(N)=NCCCCCC[NH+]=C(N)N=C(N)N. The van der Waals surface area contributed by atoms with E-state index in [9.17, 15) is 0 Å². The second-order valence-electron chi connectivity index (χ2n) is 34.4. The van der Waals surface area contributed by atoms with E-state index < -0.39 is 0 Å². The van der Waals surface area contributed by atoms with Crippen molar-refractivity contribution in [3.8, 4) is 0 Å². The third-order valence-electron chi connectivity index (χ3n) is 19.1. The number of nitrogens with two attached hydrogens (primary N) is 27. The molecule has 0 bridgehead atoms. The first-order valence-electron chi connectivity index (χ1n) is 50.9. The lowest BCUT2D eigenvalue weighted by molar-refractivity contribution is -0.891. The molecular formula is C87H201N57O4+4. The molecule has 0 aromatic carbocycles. The summed E-state index contributed by atoms with van der Waals surface area (Å²) in [4.78, 5) is 65.3. The minimum absolute atomic E-state index is 0.0589. The molecule has 0 atom stereocenters. The quantitative estimate of drug-likeness (QED) is 0.00884. The topological polar surface area (TPSA) is 1090 Å². The highest BCUT2D eigenvalue weighted by atomic mass is 16.5. The van der Waals surface area contributed by atoms with Gasteiger partial charge in [0.1, 0.15) is 13.1 Å². The van der Waals surface area contributed by atoms with Crippen LogP contribution in [-0.4, -0.2) is 319 Å². The van der Waals surface area contributed by atoms with E-state index in [0.29, 0.717) is 109 Å². The monoisotopic (exact) mass is 2110 g/mol. The average Bonchev–Trinajstić information content (AvgIpc) is 0.923. The maximum Gasteiger partial charge on any atom is 0.385 e. The third kappa shape index (κ3) is 115. The van der Waals surface area contributed by atoms with Gasteiger partial charge in [-0.15, -0.1) is 25.5 Å². The summed E-state index contributed by atoms with van der Waals surface area (Å²) in [6.45, 7) is 27.8. The van der Waals surface area contributed by atoms with Gasteiger partial charge in [0.2, 0.25) is 47.7 Å². The van der Waals surface area contributed by atoms with Crippen LogP contribution in [0.25, 0.3) is 0 Å². The number of unbranched alkanes of at least 4 members (excludes halogenated alkanes) is 22. The normalized spacial score (nSPS) is 13.2. The van der Waals surface area contributed by atoms with E-state index in [2.05, 4.69) is 205 Å². The Morgan fingerprint density at radius 3 is 0.885 bits per heavy atom. The highest BCUT2D eigenvalue weighted by Gasteiger charge is 2.17. The van der Waals surface area contributed by atoms with Gasteiger partial charge in [0, 0.05) is 91.8 Å². The van der Waals surface area contributed by atoms with E-state index >= 15 is 0 Å². The Labute approximate surface area is 878 Å². The third-order valence-corrected chi connectivity index (χ3v) is 19.1. The maximum atomic E-state index is 6.00. The lowest BCUT2D eigenvalue weighted by atomic mass is 10.1. The number of aliphatic imine (C=N–C) groups is 15. The smallest absolute Gasteiger partial charge is 0.381 e. The molecule has 0 aromatic heterocycles. The summed E-state index contributed by atoms with van der Waals surface area (Å²) < 4.78 is 24.4. The number of ether oxygens (including phenoxy) is 4. The molecule has 0 aliphatic heterocycles. The number of nitrogens with zero attached hydrogens (tertiary/aromatic N) is 22. The molecule has 0 spiro atoms. The van der Waals surface area contributed by atoms with Crippen molar-refractivity contribution in [2.45, 2.75) is 247 Å². The molecule has 0 aliphatic carbocycles. The van der Waals surface area contributed by atoms with Gasteiger partial charge >= 0.3 is 11.9 Å². The Morgan fingerprint density at radius 1 is 0.216 bits per heavy atom. The van der Waals surface area contributed by atoms with E-state index in [0.717, 1.165) is 222 Å². The van der Waals surface area contributed by atoms with Crippen molar-refractivity contribution < 1.29 is 37.9 Å². The Balaban J connectivity index is -0.000000585. The minimum atomic E-state index is -0.330. The van der Waals surface area contributed by atoms with Crippen LogP contribution in [0.3, 0.4) is 0 Å². The predicted octanol–water partition coefficient (Wildman–Crippen LogP) is -8.72. The van der Waals surface area contributed by atoms with E-state index in [-0.39, 0.29) is 107 Å². The van der Waals surface area contributed by atoms with Crippen LogP contribution >= 0.6 is 0 Å². The van der Waals surface area contributed by atoms with Crippen LogP contribution in [0.5, 0.6) is 0 Å². The van der Waals surface area contributed by atoms with Crippen molar-refractivity contribution in [3.63, 3.8) is 0 Å². The zero-order valence-electron chi connectivity index (χ0n) is 90.7. The number of hydrogen-bond acceptors (Lipinski definition) is 18. The standard InChI is InChI=1S/C26H60N12O2.C20H44N10O2.C19H42N10.C12H29N15.C10H24N10/c1-6-15-37(2,3)17-19-39-21-22-40-20-18-38(4,5)16-11-14-34-26(31)36-25(30)33-13-10-8-7-9-12-32-24(29)35-23(27)28;1-2-13-31-14-7-8-15-32-16-9-12-28-20(25)30-19(24)27-11-6-4-3-5-10-26-18(23)29-17(21)22;1-2-3-4-5-6-7-10-14-26-18(23)29-19(24)27-15-12-9-8-11-13-25-17(22)28-16(20)21;1-2-3-4-5-6-20-8(15)22-10(17)25-27-12(19)23-11(18)26-24-9(16)21-7(13)14;1-2-3-4-5-6-16-8(13)18-10(15)20-19-9(14)17-7(11)12/h6-22H2,1-5H3,(H6,27,28,29,32,35)(H5,30,31,33,34,36);2-16H2,1H3,(H6,21,22,23,26,29)(H5,24,25,27,28,30);2-15H2,1H3,(H6,20,21,22,25,28)(H5,23,24,26,27,29);2-6H2,1H3,(H6,13,14,16,21,24)(H5,15,17,20,22,25)(H5,18,19,23,26,27);2-6H2,1H3,(H6,11,12,14,17,19)(H5,13,15,16,18,20)/q+2;;;;/p+2. The molecular weight excluding hydrogens is 1910 g/mol. The molecule has 0 amide bonds. The van der Waals surface area contributed by atoms with Crippen molar-refractivity contribution >= 4 is 131 Å². The fourth-order valence-electron chi connectivity index (χ4n) is 11.7. The van der Waals surface area contributed by atoms with Crippen LogP contribution < -0.4 is 197 Å². The van der Waals surface area contributed by atoms with Crippen LogP contribution in [0.15, 0.2) is 100 Å². The van der Waals surface area contributed by atoms with E-state index in [1.807, 2.05) is 0 Å². The van der Waals surface area contributed by atoms with Crippen molar-refractivity contribution in [2.24, 2.45) is 255 Å². The zero-order chi connectivity index (χ0) is 112. The number of hydrazone groups is 1. The Morgan fingerprint density at radius 2 is 0.507 bits per heavy atom. The highest BCUT2D eigenvalue weighted by molar-refractivity contribution is 6.01. The van der Waals surface area contributed by atoms with Crippen molar-refractivity contribution in [1.82, 2.24) is 32.0 Å². The molecule has 61 nitrogen and oxygen atoms in total. The highest BCUT2D eigenvalue weighted by Crippen LogP contribution is 2.09. The molecule has 0 saturated heterocycles. The van der Waals surface area contributed by atoms with Gasteiger partial charge in [-0.2, -0.15) is 25.0 Å². The summed E-state index contributed by atoms with van der Waals surface area (Å²) in [5.74, 6) is 0.673. The molecule has 62 N–H and O–H groups in total. The van der Waals surface area contributed by atoms with Crippen molar-refractivity contribution in [3.05, 3.63) is 0 Å². The molecule has 854 valence electrons. The van der Waals surface area contributed by atoms with Gasteiger partial charge < -0.3 is 171 Å². The molecule has 0 rings (SSSR count). The summed E-state index contributed by atoms with van der Waals surface area (Å²) in [6.07, 6.45) is 35.3. The van der Waals surface area contributed by atoms with Crippen LogP contribution in [0.1, 0.15) is 247 Å². The number of nitrogens with one attached hydrogen (secondary N) is 8. The molecule has 0 fully saturated rings. The van der Waals surface area contributed by atoms with Crippen molar-refractivity contribution in [2.75, 3.05) is 179 Å². The van der Waals surface area contributed by atoms with Gasteiger partial charge in [0.25, 0.3) is 11.9 Å². The molecule has 0 aliphatic rings. The van der Waals surface area contributed by atoms with Crippen LogP contribution in [0.2, 0.25) is 0 Å². The first kappa shape index (κ1) is 142. The molecule has 0 unspecified atom stereocenters.